The number of para-hydroxylation sites is 1. The Morgan fingerprint density at radius 1 is 1.07 bits per heavy atom. The van der Waals surface area contributed by atoms with Crippen molar-refractivity contribution in [3.8, 4) is 0 Å². The van der Waals surface area contributed by atoms with E-state index in [1.54, 1.807) is 43.4 Å². The van der Waals surface area contributed by atoms with Crippen molar-refractivity contribution >= 4 is 32.8 Å². The van der Waals surface area contributed by atoms with Crippen molar-refractivity contribution in [2.24, 2.45) is 5.92 Å². The third-order valence-corrected chi connectivity index (χ3v) is 7.32. The third-order valence-electron chi connectivity index (χ3n) is 5.47. The zero-order chi connectivity index (χ0) is 19.2. The van der Waals surface area contributed by atoms with Crippen LogP contribution in [0.25, 0.3) is 5.57 Å². The molecule has 0 aromatic heterocycles. The van der Waals surface area contributed by atoms with E-state index in [-0.39, 0.29) is 21.3 Å². The smallest absolute Gasteiger partial charge is 0.335 e. The van der Waals surface area contributed by atoms with Gasteiger partial charge in [-0.25, -0.2) is 13.2 Å². The van der Waals surface area contributed by atoms with Crippen LogP contribution in [-0.4, -0.2) is 26.5 Å². The van der Waals surface area contributed by atoms with E-state index >= 15 is 0 Å². The van der Waals surface area contributed by atoms with Gasteiger partial charge in [0.15, 0.2) is 0 Å². The Bertz CT molecular complexity index is 1050. The summed E-state index contributed by atoms with van der Waals surface area (Å²) in [6.45, 7) is 0. The van der Waals surface area contributed by atoms with Gasteiger partial charge in [-0.3, -0.25) is 0 Å². The van der Waals surface area contributed by atoms with Gasteiger partial charge in [-0.2, -0.15) is 0 Å². The second kappa shape index (κ2) is 6.53. The van der Waals surface area contributed by atoms with Crippen molar-refractivity contribution in [1.29, 1.82) is 0 Å². The monoisotopic (exact) mass is 383 g/mol. The molecule has 2 aromatic rings. The molecule has 2 aliphatic rings. The maximum absolute atomic E-state index is 13.0. The molecule has 1 N–H and O–H groups in total. The highest BCUT2D eigenvalue weighted by Crippen LogP contribution is 2.44. The van der Waals surface area contributed by atoms with Gasteiger partial charge in [-0.1, -0.05) is 37.1 Å². The van der Waals surface area contributed by atoms with Gasteiger partial charge in [0.25, 0.3) is 0 Å². The predicted molar refractivity (Wildman–Crippen MR) is 104 cm³/mol. The molecule has 27 heavy (non-hydrogen) atoms. The summed E-state index contributed by atoms with van der Waals surface area (Å²) in [7, 11) is -1.83. The highest BCUT2D eigenvalue weighted by Gasteiger charge is 2.33. The Labute approximate surface area is 158 Å². The minimum absolute atomic E-state index is 0.207. The quantitative estimate of drug-likeness (QED) is 0.802. The summed E-state index contributed by atoms with van der Waals surface area (Å²) < 4.78 is 26.0. The zero-order valence-corrected chi connectivity index (χ0v) is 15.9. The van der Waals surface area contributed by atoms with Gasteiger partial charge in [-0.05, 0) is 48.6 Å². The van der Waals surface area contributed by atoms with Gasteiger partial charge in [0, 0.05) is 7.05 Å². The first-order valence-electron chi connectivity index (χ1n) is 9.07. The van der Waals surface area contributed by atoms with Gasteiger partial charge in [0.1, 0.15) is 0 Å². The summed E-state index contributed by atoms with van der Waals surface area (Å²) in [4.78, 5) is 14.2. The SMILES string of the molecule is CN1c2ccccc2S(=O)(=O)c2ccc(/C(=C\C3CCCC3)C(=O)O)cc21. The van der Waals surface area contributed by atoms with Crippen LogP contribution >= 0.6 is 0 Å². The van der Waals surface area contributed by atoms with E-state index in [4.69, 9.17) is 0 Å². The van der Waals surface area contributed by atoms with Crippen LogP contribution in [0, 0.1) is 5.92 Å². The number of hydrogen-bond acceptors (Lipinski definition) is 4. The molecular weight excluding hydrogens is 362 g/mol. The van der Waals surface area contributed by atoms with Crippen LogP contribution in [0.5, 0.6) is 0 Å². The summed E-state index contributed by atoms with van der Waals surface area (Å²) in [5.41, 5.74) is 1.88. The average molecular weight is 383 g/mol. The van der Waals surface area contributed by atoms with E-state index in [9.17, 15) is 18.3 Å². The minimum Gasteiger partial charge on any atom is -0.478 e. The summed E-state index contributed by atoms with van der Waals surface area (Å²) in [6, 6.07) is 11.7. The molecule has 0 bridgehead atoms. The third kappa shape index (κ3) is 2.94. The van der Waals surface area contributed by atoms with Gasteiger partial charge >= 0.3 is 5.97 Å². The molecule has 140 valence electrons. The molecule has 2 aromatic carbocycles. The van der Waals surface area contributed by atoms with Gasteiger partial charge in [0.2, 0.25) is 9.84 Å². The van der Waals surface area contributed by atoms with E-state index in [0.29, 0.717) is 16.9 Å². The maximum Gasteiger partial charge on any atom is 0.335 e. The molecular formula is C21H21NO4S. The average Bonchev–Trinajstić information content (AvgIpc) is 3.17. The topological polar surface area (TPSA) is 74.7 Å². The largest absolute Gasteiger partial charge is 0.478 e. The Kier molecular flexibility index (Phi) is 4.30. The molecule has 0 saturated heterocycles. The first-order valence-corrected chi connectivity index (χ1v) is 10.6. The first kappa shape index (κ1) is 17.8. The van der Waals surface area contributed by atoms with E-state index in [0.717, 1.165) is 25.7 Å². The number of aliphatic carboxylic acids is 1. The van der Waals surface area contributed by atoms with Crippen molar-refractivity contribution in [3.05, 3.63) is 54.1 Å². The molecule has 1 aliphatic carbocycles. The van der Waals surface area contributed by atoms with Gasteiger partial charge in [-0.15, -0.1) is 0 Å². The number of nitrogens with zero attached hydrogens (tertiary/aromatic N) is 1. The Hall–Kier alpha value is -2.60. The van der Waals surface area contributed by atoms with Crippen LogP contribution < -0.4 is 4.90 Å². The molecule has 1 aliphatic heterocycles. The van der Waals surface area contributed by atoms with E-state index in [1.807, 2.05) is 11.0 Å². The lowest BCUT2D eigenvalue weighted by atomic mass is 9.98. The van der Waals surface area contributed by atoms with Crippen LogP contribution in [0.2, 0.25) is 0 Å². The fourth-order valence-corrected chi connectivity index (χ4v) is 5.73. The standard InChI is InChI=1S/C21H21NO4S/c1-22-17-8-4-5-9-19(17)27(25,26)20-11-10-15(13-18(20)22)16(21(23)24)12-14-6-2-3-7-14/h4-5,8-14H,2-3,6-7H2,1H3,(H,23,24)/b16-12+. The predicted octanol–water partition coefficient (Wildman–Crippen LogP) is 4.26. The molecule has 6 heteroatoms. The summed E-state index contributed by atoms with van der Waals surface area (Å²) in [5, 5.41) is 9.72. The van der Waals surface area contributed by atoms with Crippen LogP contribution in [-0.2, 0) is 14.6 Å². The van der Waals surface area contributed by atoms with E-state index < -0.39 is 15.8 Å². The Morgan fingerprint density at radius 2 is 1.74 bits per heavy atom. The van der Waals surface area contributed by atoms with Crippen LogP contribution in [0.3, 0.4) is 0 Å². The number of benzene rings is 2. The molecule has 4 rings (SSSR count). The van der Waals surface area contributed by atoms with Crippen molar-refractivity contribution in [2.75, 3.05) is 11.9 Å². The van der Waals surface area contributed by atoms with Gasteiger partial charge < -0.3 is 10.0 Å². The van der Waals surface area contributed by atoms with Crippen molar-refractivity contribution in [3.63, 3.8) is 0 Å². The summed E-state index contributed by atoms with van der Waals surface area (Å²) >= 11 is 0. The molecule has 5 nitrogen and oxygen atoms in total. The lowest BCUT2D eigenvalue weighted by Crippen LogP contribution is -2.22. The van der Waals surface area contributed by atoms with Crippen molar-refractivity contribution in [1.82, 2.24) is 0 Å². The summed E-state index contributed by atoms with van der Waals surface area (Å²) in [6.07, 6.45) is 6.08. The molecule has 0 spiro atoms. The van der Waals surface area contributed by atoms with Gasteiger partial charge in [0.05, 0.1) is 26.7 Å². The van der Waals surface area contributed by atoms with Crippen LogP contribution in [0.15, 0.2) is 58.3 Å². The van der Waals surface area contributed by atoms with E-state index in [1.165, 1.54) is 6.07 Å². The second-order valence-corrected chi connectivity index (χ2v) is 9.03. The van der Waals surface area contributed by atoms with Crippen LogP contribution in [0.4, 0.5) is 11.4 Å². The Balaban J connectivity index is 1.85. The minimum atomic E-state index is -3.63. The number of carboxylic acids is 1. The number of allylic oxidation sites excluding steroid dienone is 1. The second-order valence-electron chi connectivity index (χ2n) is 7.14. The Morgan fingerprint density at radius 3 is 2.44 bits per heavy atom. The number of carbonyl (C=O) groups is 1. The normalized spacial score (nSPS) is 18.9. The molecule has 0 amide bonds. The number of rotatable bonds is 3. The molecule has 1 fully saturated rings. The number of carboxylic acid groups (broad SMARTS) is 1. The molecule has 0 unspecified atom stereocenters. The highest BCUT2D eigenvalue weighted by atomic mass is 32.2. The number of sulfone groups is 1. The van der Waals surface area contributed by atoms with Crippen molar-refractivity contribution < 1.29 is 18.3 Å². The van der Waals surface area contributed by atoms with Crippen LogP contribution in [0.1, 0.15) is 31.2 Å². The molecule has 1 saturated carbocycles. The molecule has 0 radical (unpaired) electrons. The van der Waals surface area contributed by atoms with E-state index in [2.05, 4.69) is 0 Å². The molecule has 0 atom stereocenters. The lowest BCUT2D eigenvalue weighted by Gasteiger charge is -2.30. The lowest BCUT2D eigenvalue weighted by molar-refractivity contribution is -0.130. The zero-order valence-electron chi connectivity index (χ0n) is 15.1. The fraction of sp³-hybridized carbons (Fsp3) is 0.286. The highest BCUT2D eigenvalue weighted by molar-refractivity contribution is 7.92. The molecule has 1 heterocycles. The van der Waals surface area contributed by atoms with Crippen molar-refractivity contribution in [2.45, 2.75) is 35.5 Å². The number of hydrogen-bond donors (Lipinski definition) is 1. The number of anilines is 2. The maximum atomic E-state index is 13.0. The number of fused-ring (bicyclic) bond motifs is 2. The summed E-state index contributed by atoms with van der Waals surface area (Å²) in [5.74, 6) is -0.710. The fourth-order valence-electron chi connectivity index (χ4n) is 4.03. The first-order chi connectivity index (χ1) is 12.9.